The van der Waals surface area contributed by atoms with Crippen LogP contribution in [0.25, 0.3) is 11.3 Å². The summed E-state index contributed by atoms with van der Waals surface area (Å²) in [6.45, 7) is 3.12. The number of hydrogen-bond acceptors (Lipinski definition) is 3. The maximum atomic E-state index is 14.6. The Kier molecular flexibility index (Phi) is 5.47. The molecule has 0 radical (unpaired) electrons. The lowest BCUT2D eigenvalue weighted by Gasteiger charge is -2.31. The van der Waals surface area contributed by atoms with Gasteiger partial charge in [-0.25, -0.2) is 13.2 Å². The SMILES string of the molecule is CC(=O)N1CCc2c(c(-c3ccc(F)c(C(F)(F)F)c3)nn2[C@H]2c3cc(F)cc(F)c3C[C@@]2(C)O)C1. The highest BCUT2D eigenvalue weighted by atomic mass is 19.4. The summed E-state index contributed by atoms with van der Waals surface area (Å²) in [7, 11) is 0. The summed E-state index contributed by atoms with van der Waals surface area (Å²) in [4.78, 5) is 13.6. The van der Waals surface area contributed by atoms with E-state index >= 15 is 0 Å². The standard InChI is InChI=1S/C25H21F6N3O2/c1-12(35)33-6-5-21-17(11-33)22(13-3-4-19(27)18(7-13)25(29,30)31)32-34(21)23-15-8-14(26)9-20(28)16(15)10-24(23,2)36/h3-4,7-9,23,36H,5-6,10-11H2,1-2H3/t23-,24+/m0/s1. The number of amides is 1. The molecule has 1 aromatic heterocycles. The van der Waals surface area contributed by atoms with Gasteiger partial charge in [0.1, 0.15) is 23.5 Å². The number of aromatic nitrogens is 2. The minimum Gasteiger partial charge on any atom is -0.387 e. The van der Waals surface area contributed by atoms with Crippen LogP contribution < -0.4 is 0 Å². The molecule has 5 nitrogen and oxygen atoms in total. The van der Waals surface area contributed by atoms with Crippen LogP contribution >= 0.6 is 0 Å². The molecule has 11 heteroatoms. The molecule has 1 aliphatic carbocycles. The molecule has 1 amide bonds. The van der Waals surface area contributed by atoms with Crippen molar-refractivity contribution < 1.29 is 36.2 Å². The van der Waals surface area contributed by atoms with Gasteiger partial charge < -0.3 is 10.0 Å². The number of rotatable bonds is 2. The second-order valence-electron chi connectivity index (χ2n) is 9.49. The van der Waals surface area contributed by atoms with E-state index in [0.29, 0.717) is 23.4 Å². The maximum absolute atomic E-state index is 14.6. The molecule has 3 aromatic rings. The third-order valence-corrected chi connectivity index (χ3v) is 6.93. The molecule has 1 N–H and O–H groups in total. The Bertz CT molecular complexity index is 1400. The Labute approximate surface area is 201 Å². The zero-order chi connectivity index (χ0) is 26.2. The van der Waals surface area contributed by atoms with Gasteiger partial charge >= 0.3 is 6.18 Å². The summed E-state index contributed by atoms with van der Waals surface area (Å²) >= 11 is 0. The molecule has 2 atom stereocenters. The molecule has 0 saturated carbocycles. The van der Waals surface area contributed by atoms with Gasteiger partial charge in [-0.1, -0.05) is 0 Å². The predicted octanol–water partition coefficient (Wildman–Crippen LogP) is 4.79. The molecule has 2 heterocycles. The fourth-order valence-electron chi connectivity index (χ4n) is 5.29. The van der Waals surface area contributed by atoms with Gasteiger partial charge in [0, 0.05) is 55.7 Å². The van der Waals surface area contributed by atoms with Crippen LogP contribution in [0.3, 0.4) is 0 Å². The van der Waals surface area contributed by atoms with Crippen LogP contribution in [0.2, 0.25) is 0 Å². The van der Waals surface area contributed by atoms with Crippen molar-refractivity contribution in [2.24, 2.45) is 0 Å². The highest BCUT2D eigenvalue weighted by Crippen LogP contribution is 2.46. The Hall–Kier alpha value is -3.34. The summed E-state index contributed by atoms with van der Waals surface area (Å²) in [5.74, 6) is -3.35. The lowest BCUT2D eigenvalue weighted by molar-refractivity contribution is -0.140. The highest BCUT2D eigenvalue weighted by Gasteiger charge is 2.46. The summed E-state index contributed by atoms with van der Waals surface area (Å²) in [6.07, 6.45) is -4.83. The van der Waals surface area contributed by atoms with Crippen molar-refractivity contribution in [3.63, 3.8) is 0 Å². The van der Waals surface area contributed by atoms with Crippen molar-refractivity contribution in [2.75, 3.05) is 6.54 Å². The summed E-state index contributed by atoms with van der Waals surface area (Å²) in [5.41, 5.74) is -1.77. The van der Waals surface area contributed by atoms with E-state index in [4.69, 9.17) is 0 Å². The second kappa shape index (κ2) is 8.09. The Balaban J connectivity index is 1.74. The van der Waals surface area contributed by atoms with Gasteiger partial charge in [-0.3, -0.25) is 9.48 Å². The summed E-state index contributed by atoms with van der Waals surface area (Å²) in [6, 6.07) is 3.30. The lowest BCUT2D eigenvalue weighted by atomic mass is 9.95. The number of fused-ring (bicyclic) bond motifs is 2. The zero-order valence-corrected chi connectivity index (χ0v) is 19.3. The third-order valence-electron chi connectivity index (χ3n) is 6.93. The van der Waals surface area contributed by atoms with Crippen molar-refractivity contribution in [1.82, 2.24) is 14.7 Å². The molecule has 5 rings (SSSR count). The van der Waals surface area contributed by atoms with Gasteiger partial charge in [-0.2, -0.15) is 18.3 Å². The van der Waals surface area contributed by atoms with E-state index < -0.39 is 40.8 Å². The van der Waals surface area contributed by atoms with Crippen molar-refractivity contribution in [1.29, 1.82) is 0 Å². The summed E-state index contributed by atoms with van der Waals surface area (Å²) < 4.78 is 84.4. The molecular weight excluding hydrogens is 488 g/mol. The predicted molar refractivity (Wildman–Crippen MR) is 116 cm³/mol. The number of aliphatic hydroxyl groups is 1. The Morgan fingerprint density at radius 3 is 2.50 bits per heavy atom. The second-order valence-corrected chi connectivity index (χ2v) is 9.49. The monoisotopic (exact) mass is 509 g/mol. The largest absolute Gasteiger partial charge is 0.419 e. The highest BCUT2D eigenvalue weighted by molar-refractivity contribution is 5.75. The van der Waals surface area contributed by atoms with Crippen LogP contribution in [0.15, 0.2) is 30.3 Å². The van der Waals surface area contributed by atoms with Crippen LogP contribution in [0.5, 0.6) is 0 Å². The van der Waals surface area contributed by atoms with E-state index in [2.05, 4.69) is 5.10 Å². The van der Waals surface area contributed by atoms with E-state index in [9.17, 15) is 36.2 Å². The molecule has 0 bridgehead atoms. The van der Waals surface area contributed by atoms with Crippen molar-refractivity contribution in [3.05, 3.63) is 75.7 Å². The average Bonchev–Trinajstić information content (AvgIpc) is 3.26. The number of hydrogen-bond donors (Lipinski definition) is 1. The first kappa shape index (κ1) is 24.4. The van der Waals surface area contributed by atoms with Crippen LogP contribution in [-0.4, -0.2) is 37.8 Å². The topological polar surface area (TPSA) is 58.4 Å². The number of alkyl halides is 3. The minimum absolute atomic E-state index is 0.0258. The summed E-state index contributed by atoms with van der Waals surface area (Å²) in [5, 5.41) is 15.8. The first-order valence-electron chi connectivity index (χ1n) is 11.2. The van der Waals surface area contributed by atoms with Crippen molar-refractivity contribution >= 4 is 5.91 Å². The molecule has 0 spiro atoms. The molecule has 1 aliphatic heterocycles. The van der Waals surface area contributed by atoms with E-state index in [1.807, 2.05) is 0 Å². The Morgan fingerprint density at radius 2 is 1.83 bits per heavy atom. The normalized spacial score (nSPS) is 21.5. The number of carbonyl (C=O) groups is 1. The van der Waals surface area contributed by atoms with E-state index in [1.54, 1.807) is 0 Å². The third kappa shape index (κ3) is 3.85. The minimum atomic E-state index is -4.95. The number of benzene rings is 2. The van der Waals surface area contributed by atoms with Gasteiger partial charge in [0.15, 0.2) is 0 Å². The molecule has 2 aromatic carbocycles. The van der Waals surface area contributed by atoms with Gasteiger partial charge in [-0.05, 0) is 42.3 Å². The first-order valence-corrected chi connectivity index (χ1v) is 11.2. The van der Waals surface area contributed by atoms with Gasteiger partial charge in [0.2, 0.25) is 5.91 Å². The zero-order valence-electron chi connectivity index (χ0n) is 19.3. The lowest BCUT2D eigenvalue weighted by Crippen LogP contribution is -2.38. The fraction of sp³-hybridized carbons (Fsp3) is 0.360. The van der Waals surface area contributed by atoms with Crippen molar-refractivity contribution in [3.8, 4) is 11.3 Å². The fourth-order valence-corrected chi connectivity index (χ4v) is 5.29. The average molecular weight is 509 g/mol. The molecule has 36 heavy (non-hydrogen) atoms. The smallest absolute Gasteiger partial charge is 0.387 e. The van der Waals surface area contributed by atoms with E-state index in [-0.39, 0.29) is 54.2 Å². The molecule has 0 fully saturated rings. The maximum Gasteiger partial charge on any atom is 0.419 e. The van der Waals surface area contributed by atoms with Gasteiger partial charge in [0.25, 0.3) is 0 Å². The van der Waals surface area contributed by atoms with Gasteiger partial charge in [0.05, 0.1) is 16.9 Å². The number of halogens is 6. The van der Waals surface area contributed by atoms with Crippen LogP contribution in [0.4, 0.5) is 26.3 Å². The molecule has 0 saturated heterocycles. The van der Waals surface area contributed by atoms with Crippen LogP contribution in [0, 0.1) is 17.5 Å². The quantitative estimate of drug-likeness (QED) is 0.506. The van der Waals surface area contributed by atoms with Gasteiger partial charge in [-0.15, -0.1) is 0 Å². The van der Waals surface area contributed by atoms with Crippen LogP contribution in [0.1, 0.15) is 47.8 Å². The molecule has 0 unspecified atom stereocenters. The number of carbonyl (C=O) groups excluding carboxylic acids is 1. The van der Waals surface area contributed by atoms with E-state index in [0.717, 1.165) is 18.2 Å². The molecule has 190 valence electrons. The Morgan fingerprint density at radius 1 is 1.11 bits per heavy atom. The molecular formula is C25H21F6N3O2. The van der Waals surface area contributed by atoms with Crippen LogP contribution in [-0.2, 0) is 30.4 Å². The number of nitrogens with zero attached hydrogens (tertiary/aromatic N) is 3. The molecule has 2 aliphatic rings. The first-order chi connectivity index (χ1) is 16.8. The van der Waals surface area contributed by atoms with E-state index in [1.165, 1.54) is 23.4 Å². The van der Waals surface area contributed by atoms with Crippen molar-refractivity contribution in [2.45, 2.75) is 51.1 Å².